The lowest BCUT2D eigenvalue weighted by Crippen LogP contribution is -2.44. The summed E-state index contributed by atoms with van der Waals surface area (Å²) in [5.41, 5.74) is 0.781. The van der Waals surface area contributed by atoms with Crippen molar-refractivity contribution < 1.29 is 4.79 Å². The van der Waals surface area contributed by atoms with Gasteiger partial charge in [0, 0.05) is 25.3 Å². The number of hydrogen-bond donors (Lipinski definition) is 2. The van der Waals surface area contributed by atoms with Gasteiger partial charge in [0.15, 0.2) is 11.5 Å². The Hall–Kier alpha value is -2.15. The van der Waals surface area contributed by atoms with Crippen molar-refractivity contribution in [1.82, 2.24) is 30.1 Å². The molecule has 0 saturated carbocycles. The van der Waals surface area contributed by atoms with Crippen LogP contribution in [-0.4, -0.2) is 51.2 Å². The molecule has 7 heteroatoms. The number of urea groups is 1. The molecule has 2 N–H and O–H groups in total. The van der Waals surface area contributed by atoms with Crippen LogP contribution in [0.25, 0.3) is 5.65 Å². The van der Waals surface area contributed by atoms with E-state index < -0.39 is 0 Å². The van der Waals surface area contributed by atoms with E-state index in [4.69, 9.17) is 0 Å². The number of carbonyl (C=O) groups is 1. The summed E-state index contributed by atoms with van der Waals surface area (Å²) in [4.78, 5) is 14.3. The van der Waals surface area contributed by atoms with Gasteiger partial charge in [-0.25, -0.2) is 4.79 Å². The van der Waals surface area contributed by atoms with Crippen molar-refractivity contribution in [3.05, 3.63) is 30.2 Å². The molecule has 3 heterocycles. The van der Waals surface area contributed by atoms with Gasteiger partial charge in [0.05, 0.1) is 6.54 Å². The molecule has 1 aliphatic rings. The van der Waals surface area contributed by atoms with E-state index in [0.29, 0.717) is 19.1 Å². The Balaban J connectivity index is 1.41. The lowest BCUT2D eigenvalue weighted by molar-refractivity contribution is 0.161. The summed E-state index contributed by atoms with van der Waals surface area (Å²) in [5, 5.41) is 13.9. The molecule has 124 valence electrons. The van der Waals surface area contributed by atoms with Gasteiger partial charge in [-0.15, -0.1) is 10.2 Å². The molecule has 1 aliphatic heterocycles. The fourth-order valence-electron chi connectivity index (χ4n) is 3.04. The van der Waals surface area contributed by atoms with Gasteiger partial charge in [0.2, 0.25) is 0 Å². The van der Waals surface area contributed by atoms with Crippen molar-refractivity contribution in [3.8, 4) is 0 Å². The summed E-state index contributed by atoms with van der Waals surface area (Å²) in [5.74, 6) is 0.723. The second kappa shape index (κ2) is 7.41. The van der Waals surface area contributed by atoms with E-state index in [1.165, 1.54) is 19.3 Å². The van der Waals surface area contributed by atoms with Gasteiger partial charge in [0.25, 0.3) is 0 Å². The number of pyridine rings is 1. The van der Waals surface area contributed by atoms with E-state index in [2.05, 4.69) is 32.7 Å². The van der Waals surface area contributed by atoms with Gasteiger partial charge in [-0.3, -0.25) is 9.30 Å². The van der Waals surface area contributed by atoms with E-state index in [1.54, 1.807) is 0 Å². The second-order valence-electron chi connectivity index (χ2n) is 6.04. The number of carbonyl (C=O) groups excluding carboxylic acids is 1. The monoisotopic (exact) mass is 316 g/mol. The fourth-order valence-corrected chi connectivity index (χ4v) is 3.04. The number of piperidine rings is 1. The van der Waals surface area contributed by atoms with Crippen molar-refractivity contribution in [2.24, 2.45) is 0 Å². The van der Waals surface area contributed by atoms with Crippen LogP contribution < -0.4 is 10.6 Å². The first-order valence-corrected chi connectivity index (χ1v) is 8.28. The molecule has 1 fully saturated rings. The Kier molecular flexibility index (Phi) is 5.07. The van der Waals surface area contributed by atoms with E-state index >= 15 is 0 Å². The van der Waals surface area contributed by atoms with E-state index in [1.807, 2.05) is 28.8 Å². The molecule has 0 spiro atoms. The number of fused-ring (bicyclic) bond motifs is 1. The van der Waals surface area contributed by atoms with Gasteiger partial charge < -0.3 is 10.6 Å². The molecule has 1 saturated heterocycles. The van der Waals surface area contributed by atoms with E-state index in [0.717, 1.165) is 24.6 Å². The van der Waals surface area contributed by atoms with Crippen molar-refractivity contribution in [3.63, 3.8) is 0 Å². The molecule has 7 nitrogen and oxygen atoms in total. The van der Waals surface area contributed by atoms with Gasteiger partial charge in [0.1, 0.15) is 0 Å². The molecule has 2 aromatic rings. The fraction of sp³-hybridized carbons (Fsp3) is 0.562. The molecule has 1 unspecified atom stereocenters. The average molecular weight is 316 g/mol. The molecule has 1 atom stereocenters. The first-order chi connectivity index (χ1) is 11.2. The van der Waals surface area contributed by atoms with Crippen LogP contribution in [0, 0.1) is 0 Å². The zero-order chi connectivity index (χ0) is 16.1. The highest BCUT2D eigenvalue weighted by atomic mass is 16.2. The van der Waals surface area contributed by atoms with Crippen LogP contribution in [0.5, 0.6) is 0 Å². The highest BCUT2D eigenvalue weighted by Gasteiger charge is 2.17. The SMILES string of the molecule is CC1CCCCN1CCNC(=O)NCc1nnc2ccccn12. The normalized spacial score (nSPS) is 18.9. The number of hydrogen-bond acceptors (Lipinski definition) is 4. The maximum absolute atomic E-state index is 11.9. The highest BCUT2D eigenvalue weighted by molar-refractivity contribution is 5.73. The van der Waals surface area contributed by atoms with Crippen LogP contribution >= 0.6 is 0 Å². The molecule has 0 radical (unpaired) electrons. The predicted octanol–water partition coefficient (Wildman–Crippen LogP) is 1.40. The summed E-state index contributed by atoms with van der Waals surface area (Å²) in [6.07, 6.45) is 5.72. The van der Waals surface area contributed by atoms with Crippen molar-refractivity contribution in [2.45, 2.75) is 38.8 Å². The third-order valence-corrected chi connectivity index (χ3v) is 4.42. The van der Waals surface area contributed by atoms with Crippen LogP contribution in [0.1, 0.15) is 32.0 Å². The molecule has 3 rings (SSSR count). The van der Waals surface area contributed by atoms with E-state index in [9.17, 15) is 4.79 Å². The zero-order valence-electron chi connectivity index (χ0n) is 13.5. The van der Waals surface area contributed by atoms with Crippen molar-refractivity contribution in [1.29, 1.82) is 0 Å². The summed E-state index contributed by atoms with van der Waals surface area (Å²) in [6.45, 7) is 5.32. The largest absolute Gasteiger partial charge is 0.337 e. The second-order valence-corrected chi connectivity index (χ2v) is 6.04. The molecule has 2 aromatic heterocycles. The van der Waals surface area contributed by atoms with Gasteiger partial charge in [-0.05, 0) is 38.4 Å². The summed E-state index contributed by atoms with van der Waals surface area (Å²) in [7, 11) is 0. The van der Waals surface area contributed by atoms with Crippen LogP contribution in [0.15, 0.2) is 24.4 Å². The highest BCUT2D eigenvalue weighted by Crippen LogP contribution is 2.15. The molecule has 0 aliphatic carbocycles. The topological polar surface area (TPSA) is 74.6 Å². The number of nitrogens with zero attached hydrogens (tertiary/aromatic N) is 4. The number of nitrogens with one attached hydrogen (secondary N) is 2. The Labute approximate surface area is 136 Å². The minimum Gasteiger partial charge on any atom is -0.337 e. The standard InChI is InChI=1S/C16H24N6O/c1-13-6-2-4-9-21(13)11-8-17-16(23)18-12-15-20-19-14-7-3-5-10-22(14)15/h3,5,7,10,13H,2,4,6,8-9,11-12H2,1H3,(H2,17,18,23). The number of amides is 2. The number of rotatable bonds is 5. The quantitative estimate of drug-likeness (QED) is 0.874. The minimum absolute atomic E-state index is 0.164. The zero-order valence-corrected chi connectivity index (χ0v) is 13.5. The lowest BCUT2D eigenvalue weighted by atomic mass is 10.0. The third kappa shape index (κ3) is 3.98. The summed E-state index contributed by atoms with van der Waals surface area (Å²) < 4.78 is 1.87. The van der Waals surface area contributed by atoms with Crippen LogP contribution in [0.4, 0.5) is 4.79 Å². The summed E-state index contributed by atoms with van der Waals surface area (Å²) >= 11 is 0. The molecule has 0 bridgehead atoms. The van der Waals surface area contributed by atoms with Crippen molar-refractivity contribution in [2.75, 3.05) is 19.6 Å². The minimum atomic E-state index is -0.164. The molecule has 0 aromatic carbocycles. The maximum Gasteiger partial charge on any atom is 0.315 e. The average Bonchev–Trinajstić information content (AvgIpc) is 2.98. The third-order valence-electron chi connectivity index (χ3n) is 4.42. The predicted molar refractivity (Wildman–Crippen MR) is 88.1 cm³/mol. The van der Waals surface area contributed by atoms with Gasteiger partial charge >= 0.3 is 6.03 Å². The molecule has 2 amide bonds. The molecular weight excluding hydrogens is 292 g/mol. The Bertz CT molecular complexity index is 655. The van der Waals surface area contributed by atoms with Gasteiger partial charge in [-0.1, -0.05) is 12.5 Å². The molecule has 23 heavy (non-hydrogen) atoms. The van der Waals surface area contributed by atoms with E-state index in [-0.39, 0.29) is 6.03 Å². The summed E-state index contributed by atoms with van der Waals surface area (Å²) in [6, 6.07) is 6.17. The lowest BCUT2D eigenvalue weighted by Gasteiger charge is -2.33. The van der Waals surface area contributed by atoms with Crippen LogP contribution in [0.2, 0.25) is 0 Å². The number of likely N-dealkylation sites (tertiary alicyclic amines) is 1. The Morgan fingerprint density at radius 1 is 1.30 bits per heavy atom. The molecular formula is C16H24N6O. The maximum atomic E-state index is 11.9. The van der Waals surface area contributed by atoms with Crippen LogP contribution in [-0.2, 0) is 6.54 Å². The Morgan fingerprint density at radius 2 is 2.22 bits per heavy atom. The first kappa shape index (κ1) is 15.7. The first-order valence-electron chi connectivity index (χ1n) is 8.28. The Morgan fingerprint density at radius 3 is 3.09 bits per heavy atom. The van der Waals surface area contributed by atoms with Crippen molar-refractivity contribution >= 4 is 11.7 Å². The number of aromatic nitrogens is 3. The van der Waals surface area contributed by atoms with Crippen LogP contribution in [0.3, 0.4) is 0 Å². The smallest absolute Gasteiger partial charge is 0.315 e. The van der Waals surface area contributed by atoms with Gasteiger partial charge in [-0.2, -0.15) is 0 Å².